The van der Waals surface area contributed by atoms with E-state index in [1.54, 1.807) is 0 Å². The van der Waals surface area contributed by atoms with E-state index in [1.165, 1.54) is 0 Å². The SMILES string of the molecule is O=C(O)CCCCCNC(=O)C1CC2C=CC1C2. The summed E-state index contributed by atoms with van der Waals surface area (Å²) in [6, 6.07) is 0. The average Bonchev–Trinajstić information content (AvgIpc) is 2.94. The third-order valence-electron chi connectivity index (χ3n) is 3.98. The second-order valence-electron chi connectivity index (χ2n) is 5.38. The van der Waals surface area contributed by atoms with Crippen molar-refractivity contribution in [2.24, 2.45) is 17.8 Å². The molecule has 0 spiro atoms. The highest BCUT2D eigenvalue weighted by Crippen LogP contribution is 2.43. The molecule has 1 fully saturated rings. The molecule has 1 saturated carbocycles. The zero-order valence-electron chi connectivity index (χ0n) is 10.6. The summed E-state index contributed by atoms with van der Waals surface area (Å²) in [4.78, 5) is 22.2. The Bertz CT molecular complexity index is 351. The van der Waals surface area contributed by atoms with Crippen molar-refractivity contribution in [1.29, 1.82) is 0 Å². The highest BCUT2D eigenvalue weighted by molar-refractivity contribution is 5.79. The molecular weight excluding hydrogens is 230 g/mol. The lowest BCUT2D eigenvalue weighted by Crippen LogP contribution is -2.33. The molecule has 0 radical (unpaired) electrons. The smallest absolute Gasteiger partial charge is 0.303 e. The van der Waals surface area contributed by atoms with Gasteiger partial charge in [0, 0.05) is 18.9 Å². The first kappa shape index (κ1) is 13.1. The summed E-state index contributed by atoms with van der Waals surface area (Å²) in [7, 11) is 0. The lowest BCUT2D eigenvalue weighted by Gasteiger charge is -2.17. The topological polar surface area (TPSA) is 66.4 Å². The van der Waals surface area contributed by atoms with Crippen LogP contribution < -0.4 is 5.32 Å². The van der Waals surface area contributed by atoms with E-state index in [2.05, 4.69) is 17.5 Å². The van der Waals surface area contributed by atoms with Crippen LogP contribution in [0, 0.1) is 17.8 Å². The maximum Gasteiger partial charge on any atom is 0.303 e. The van der Waals surface area contributed by atoms with Crippen LogP contribution in [0.4, 0.5) is 0 Å². The van der Waals surface area contributed by atoms with Gasteiger partial charge in [-0.1, -0.05) is 18.6 Å². The van der Waals surface area contributed by atoms with Crippen LogP contribution in [0.3, 0.4) is 0 Å². The fourth-order valence-electron chi connectivity index (χ4n) is 3.00. The number of hydrogen-bond donors (Lipinski definition) is 2. The Balaban J connectivity index is 1.56. The van der Waals surface area contributed by atoms with E-state index in [0.717, 1.165) is 25.7 Å². The predicted molar refractivity (Wildman–Crippen MR) is 68.0 cm³/mol. The summed E-state index contributed by atoms with van der Waals surface area (Å²) in [6.07, 6.45) is 9.24. The number of fused-ring (bicyclic) bond motifs is 2. The molecule has 4 nitrogen and oxygen atoms in total. The number of rotatable bonds is 7. The largest absolute Gasteiger partial charge is 0.481 e. The van der Waals surface area contributed by atoms with Gasteiger partial charge in [-0.15, -0.1) is 0 Å². The van der Waals surface area contributed by atoms with Gasteiger partial charge in [0.1, 0.15) is 0 Å². The van der Waals surface area contributed by atoms with Gasteiger partial charge in [-0.3, -0.25) is 9.59 Å². The average molecular weight is 251 g/mol. The van der Waals surface area contributed by atoms with Crippen LogP contribution in [-0.4, -0.2) is 23.5 Å². The van der Waals surface area contributed by atoms with Crippen LogP contribution in [0.25, 0.3) is 0 Å². The van der Waals surface area contributed by atoms with Gasteiger partial charge in [-0.05, 0) is 37.5 Å². The van der Waals surface area contributed by atoms with Gasteiger partial charge < -0.3 is 10.4 Å². The molecule has 0 aromatic rings. The predicted octanol–water partition coefficient (Wildman–Crippen LogP) is 1.96. The van der Waals surface area contributed by atoms with Gasteiger partial charge in [0.25, 0.3) is 0 Å². The number of amides is 1. The summed E-state index contributed by atoms with van der Waals surface area (Å²) in [5.41, 5.74) is 0. The molecule has 0 aliphatic heterocycles. The Morgan fingerprint density at radius 2 is 2.00 bits per heavy atom. The minimum absolute atomic E-state index is 0.180. The third kappa shape index (κ3) is 3.34. The molecule has 2 bridgehead atoms. The van der Waals surface area contributed by atoms with E-state index >= 15 is 0 Å². The van der Waals surface area contributed by atoms with Crippen molar-refractivity contribution in [3.8, 4) is 0 Å². The maximum absolute atomic E-state index is 11.9. The molecule has 2 rings (SSSR count). The quantitative estimate of drug-likeness (QED) is 0.537. The van der Waals surface area contributed by atoms with E-state index in [-0.39, 0.29) is 18.2 Å². The summed E-state index contributed by atoms with van der Waals surface area (Å²) in [6.45, 7) is 0.677. The number of aliphatic carboxylic acids is 1. The standard InChI is InChI=1S/C14H21NO3/c16-13(17)4-2-1-3-7-15-14(18)12-9-10-5-6-11(12)8-10/h5-6,10-12H,1-4,7-9H2,(H,15,18)(H,16,17). The van der Waals surface area contributed by atoms with E-state index < -0.39 is 5.97 Å². The van der Waals surface area contributed by atoms with Crippen molar-refractivity contribution < 1.29 is 14.7 Å². The van der Waals surface area contributed by atoms with Gasteiger partial charge in [-0.25, -0.2) is 0 Å². The van der Waals surface area contributed by atoms with Crippen LogP contribution in [0.5, 0.6) is 0 Å². The first-order valence-corrected chi connectivity index (χ1v) is 6.84. The molecule has 0 aromatic carbocycles. The maximum atomic E-state index is 11.9. The van der Waals surface area contributed by atoms with Crippen molar-refractivity contribution in [2.45, 2.75) is 38.5 Å². The van der Waals surface area contributed by atoms with Gasteiger partial charge in [0.05, 0.1) is 0 Å². The van der Waals surface area contributed by atoms with Crippen molar-refractivity contribution >= 4 is 11.9 Å². The lowest BCUT2D eigenvalue weighted by molar-refractivity contribution is -0.137. The molecule has 2 N–H and O–H groups in total. The van der Waals surface area contributed by atoms with Gasteiger partial charge in [0.15, 0.2) is 0 Å². The molecule has 1 amide bonds. The Labute approximate surface area is 107 Å². The second-order valence-corrected chi connectivity index (χ2v) is 5.38. The molecule has 18 heavy (non-hydrogen) atoms. The summed E-state index contributed by atoms with van der Waals surface area (Å²) < 4.78 is 0. The molecule has 0 aromatic heterocycles. The van der Waals surface area contributed by atoms with E-state index in [0.29, 0.717) is 24.8 Å². The Hall–Kier alpha value is -1.32. The van der Waals surface area contributed by atoms with Crippen molar-refractivity contribution in [1.82, 2.24) is 5.32 Å². The molecule has 2 aliphatic carbocycles. The molecule has 100 valence electrons. The third-order valence-corrected chi connectivity index (χ3v) is 3.98. The number of carbonyl (C=O) groups is 2. The number of carboxylic acids is 1. The Kier molecular flexibility index (Phi) is 4.39. The summed E-state index contributed by atoms with van der Waals surface area (Å²) in [5.74, 6) is 0.709. The summed E-state index contributed by atoms with van der Waals surface area (Å²) >= 11 is 0. The number of nitrogens with one attached hydrogen (secondary N) is 1. The Morgan fingerprint density at radius 3 is 2.61 bits per heavy atom. The lowest BCUT2D eigenvalue weighted by atomic mass is 9.93. The van der Waals surface area contributed by atoms with E-state index in [4.69, 9.17) is 5.11 Å². The zero-order chi connectivity index (χ0) is 13.0. The first-order chi connectivity index (χ1) is 8.66. The molecule has 3 unspecified atom stereocenters. The molecule has 0 saturated heterocycles. The number of unbranched alkanes of at least 4 members (excludes halogenated alkanes) is 2. The van der Waals surface area contributed by atoms with Crippen LogP contribution in [-0.2, 0) is 9.59 Å². The van der Waals surface area contributed by atoms with Crippen LogP contribution in [0.1, 0.15) is 38.5 Å². The van der Waals surface area contributed by atoms with Crippen LogP contribution >= 0.6 is 0 Å². The van der Waals surface area contributed by atoms with Crippen molar-refractivity contribution in [2.75, 3.05) is 6.54 Å². The first-order valence-electron chi connectivity index (χ1n) is 6.84. The molecule has 0 heterocycles. The molecule has 4 heteroatoms. The number of hydrogen-bond acceptors (Lipinski definition) is 2. The van der Waals surface area contributed by atoms with Crippen molar-refractivity contribution in [3.63, 3.8) is 0 Å². The number of carboxylic acid groups (broad SMARTS) is 1. The van der Waals surface area contributed by atoms with Crippen LogP contribution in [0.2, 0.25) is 0 Å². The van der Waals surface area contributed by atoms with Gasteiger partial charge in [0.2, 0.25) is 5.91 Å². The monoisotopic (exact) mass is 251 g/mol. The van der Waals surface area contributed by atoms with Crippen LogP contribution in [0.15, 0.2) is 12.2 Å². The normalized spacial score (nSPS) is 28.6. The fraction of sp³-hybridized carbons (Fsp3) is 0.714. The second kappa shape index (κ2) is 6.03. The number of allylic oxidation sites excluding steroid dienone is 2. The minimum atomic E-state index is -0.743. The molecule has 2 aliphatic rings. The van der Waals surface area contributed by atoms with Gasteiger partial charge >= 0.3 is 5.97 Å². The minimum Gasteiger partial charge on any atom is -0.481 e. The van der Waals surface area contributed by atoms with E-state index in [1.807, 2.05) is 0 Å². The summed E-state index contributed by atoms with van der Waals surface area (Å²) in [5, 5.41) is 11.5. The highest BCUT2D eigenvalue weighted by Gasteiger charge is 2.39. The highest BCUT2D eigenvalue weighted by atomic mass is 16.4. The number of carbonyl (C=O) groups excluding carboxylic acids is 1. The van der Waals surface area contributed by atoms with Crippen molar-refractivity contribution in [3.05, 3.63) is 12.2 Å². The Morgan fingerprint density at radius 1 is 1.17 bits per heavy atom. The molecular formula is C14H21NO3. The van der Waals surface area contributed by atoms with Gasteiger partial charge in [-0.2, -0.15) is 0 Å². The molecule has 3 atom stereocenters. The van der Waals surface area contributed by atoms with E-state index in [9.17, 15) is 9.59 Å². The fourth-order valence-corrected chi connectivity index (χ4v) is 3.00. The zero-order valence-corrected chi connectivity index (χ0v) is 10.6.